The van der Waals surface area contributed by atoms with E-state index in [0.717, 1.165) is 63.2 Å². The third-order valence-corrected chi connectivity index (χ3v) is 7.41. The minimum absolute atomic E-state index is 0.0153. The SMILES string of the molecule is CCCC1(CCC)OC(CC2=NC(c3ccccc3)C(CCC)(CCC)O2)=NC1c1ccccc1. The summed E-state index contributed by atoms with van der Waals surface area (Å²) in [4.78, 5) is 10.4. The van der Waals surface area contributed by atoms with Crippen LogP contribution in [0.2, 0.25) is 0 Å². The van der Waals surface area contributed by atoms with E-state index >= 15 is 0 Å². The molecule has 2 unspecified atom stereocenters. The van der Waals surface area contributed by atoms with Crippen LogP contribution >= 0.6 is 0 Å². The van der Waals surface area contributed by atoms with Crippen LogP contribution in [0.1, 0.15) is 109 Å². The fourth-order valence-electron chi connectivity index (χ4n) is 6.17. The summed E-state index contributed by atoms with van der Waals surface area (Å²) in [5.41, 5.74) is 1.88. The molecule has 35 heavy (non-hydrogen) atoms. The Labute approximate surface area is 211 Å². The van der Waals surface area contributed by atoms with E-state index in [0.29, 0.717) is 6.42 Å². The molecular weight excluding hydrogens is 432 g/mol. The molecule has 0 bridgehead atoms. The summed E-state index contributed by atoms with van der Waals surface area (Å²) in [6.45, 7) is 8.94. The molecule has 188 valence electrons. The molecule has 4 heteroatoms. The Kier molecular flexibility index (Phi) is 8.30. The third kappa shape index (κ3) is 5.32. The van der Waals surface area contributed by atoms with E-state index in [4.69, 9.17) is 19.5 Å². The molecule has 0 N–H and O–H groups in total. The lowest BCUT2D eigenvalue weighted by Crippen LogP contribution is -2.37. The average Bonchev–Trinajstić information content (AvgIpc) is 3.39. The number of hydrogen-bond donors (Lipinski definition) is 0. The molecule has 2 atom stereocenters. The number of aliphatic imine (C=N–C) groups is 2. The number of nitrogens with zero attached hydrogens (tertiary/aromatic N) is 2. The van der Waals surface area contributed by atoms with Crippen LogP contribution in [0, 0.1) is 0 Å². The van der Waals surface area contributed by atoms with Gasteiger partial charge in [0.2, 0.25) is 0 Å². The highest BCUT2D eigenvalue weighted by Gasteiger charge is 2.49. The summed E-state index contributed by atoms with van der Waals surface area (Å²) in [7, 11) is 0. The van der Waals surface area contributed by atoms with Gasteiger partial charge < -0.3 is 9.47 Å². The molecule has 0 saturated heterocycles. The first-order chi connectivity index (χ1) is 17.1. The minimum Gasteiger partial charge on any atom is -0.471 e. The first-order valence-electron chi connectivity index (χ1n) is 13.7. The van der Waals surface area contributed by atoms with E-state index in [1.54, 1.807) is 0 Å². The number of benzene rings is 2. The smallest absolute Gasteiger partial charge is 0.194 e. The second-order valence-corrected chi connectivity index (χ2v) is 10.2. The van der Waals surface area contributed by atoms with Crippen LogP contribution in [0.5, 0.6) is 0 Å². The minimum atomic E-state index is -0.290. The Morgan fingerprint density at radius 1 is 0.571 bits per heavy atom. The highest BCUT2D eigenvalue weighted by atomic mass is 16.5. The second-order valence-electron chi connectivity index (χ2n) is 10.2. The van der Waals surface area contributed by atoms with Gasteiger partial charge in [0.25, 0.3) is 0 Å². The predicted molar refractivity (Wildman–Crippen MR) is 145 cm³/mol. The van der Waals surface area contributed by atoms with Crippen molar-refractivity contribution in [3.05, 3.63) is 71.8 Å². The van der Waals surface area contributed by atoms with Gasteiger partial charge in [-0.1, -0.05) is 114 Å². The molecule has 0 amide bonds. The molecule has 4 nitrogen and oxygen atoms in total. The first kappa shape index (κ1) is 25.5. The van der Waals surface area contributed by atoms with Gasteiger partial charge in [0.05, 0.1) is 6.42 Å². The standard InChI is InChI=1S/C31H42N2O2/c1-5-19-30(20-6-2)28(24-15-11-9-12-16-24)32-26(34-30)23-27-33-29(25-17-13-10-14-18-25)31(35-27,21-7-3)22-8-4/h9-18,28-29H,5-8,19-23H2,1-4H3. The van der Waals surface area contributed by atoms with Crippen LogP contribution < -0.4 is 0 Å². The monoisotopic (exact) mass is 474 g/mol. The van der Waals surface area contributed by atoms with Gasteiger partial charge in [-0.3, -0.25) is 0 Å². The molecule has 2 aliphatic heterocycles. The van der Waals surface area contributed by atoms with Crippen molar-refractivity contribution in [3.8, 4) is 0 Å². The van der Waals surface area contributed by atoms with Gasteiger partial charge in [-0.15, -0.1) is 0 Å². The number of hydrogen-bond acceptors (Lipinski definition) is 4. The molecule has 2 heterocycles. The largest absolute Gasteiger partial charge is 0.471 e. The van der Waals surface area contributed by atoms with Crippen LogP contribution in [0.15, 0.2) is 70.6 Å². The van der Waals surface area contributed by atoms with Crippen LogP contribution in [0.4, 0.5) is 0 Å². The average molecular weight is 475 g/mol. The van der Waals surface area contributed by atoms with Crippen molar-refractivity contribution in [3.63, 3.8) is 0 Å². The van der Waals surface area contributed by atoms with Gasteiger partial charge in [-0.05, 0) is 36.8 Å². The van der Waals surface area contributed by atoms with Crippen molar-refractivity contribution in [1.82, 2.24) is 0 Å². The maximum absolute atomic E-state index is 6.78. The van der Waals surface area contributed by atoms with Crippen molar-refractivity contribution >= 4 is 11.8 Å². The normalized spacial score (nSPS) is 22.3. The van der Waals surface area contributed by atoms with Gasteiger partial charge in [0, 0.05) is 0 Å². The van der Waals surface area contributed by atoms with Gasteiger partial charge in [0.15, 0.2) is 11.8 Å². The molecule has 2 aromatic rings. The Bertz CT molecular complexity index is 906. The fourth-order valence-corrected chi connectivity index (χ4v) is 6.17. The lowest BCUT2D eigenvalue weighted by Gasteiger charge is -2.34. The van der Waals surface area contributed by atoms with E-state index in [1.165, 1.54) is 11.1 Å². The zero-order valence-electron chi connectivity index (χ0n) is 22.0. The van der Waals surface area contributed by atoms with Crippen LogP contribution in [0.25, 0.3) is 0 Å². The maximum Gasteiger partial charge on any atom is 0.194 e. The van der Waals surface area contributed by atoms with Gasteiger partial charge in [0.1, 0.15) is 23.3 Å². The molecule has 0 aromatic heterocycles. The van der Waals surface area contributed by atoms with E-state index in [-0.39, 0.29) is 23.3 Å². The zero-order valence-corrected chi connectivity index (χ0v) is 22.0. The van der Waals surface area contributed by atoms with Crippen molar-refractivity contribution in [2.75, 3.05) is 0 Å². The first-order valence-corrected chi connectivity index (χ1v) is 13.7. The number of rotatable bonds is 12. The molecule has 0 saturated carbocycles. The summed E-state index contributed by atoms with van der Waals surface area (Å²) in [6, 6.07) is 21.3. The molecule has 0 aliphatic carbocycles. The van der Waals surface area contributed by atoms with Crippen LogP contribution in [-0.4, -0.2) is 23.0 Å². The van der Waals surface area contributed by atoms with Gasteiger partial charge in [-0.2, -0.15) is 0 Å². The molecule has 4 rings (SSSR count). The van der Waals surface area contributed by atoms with Crippen LogP contribution in [0.3, 0.4) is 0 Å². The summed E-state index contributed by atoms with van der Waals surface area (Å²) in [5.74, 6) is 1.55. The Morgan fingerprint density at radius 2 is 0.914 bits per heavy atom. The predicted octanol–water partition coefficient (Wildman–Crippen LogP) is 8.39. The zero-order chi connectivity index (χ0) is 24.7. The highest BCUT2D eigenvalue weighted by Crippen LogP contribution is 2.47. The lowest BCUT2D eigenvalue weighted by molar-refractivity contribution is 0.0278. The molecule has 0 fully saturated rings. The molecular formula is C31H42N2O2. The molecule has 0 radical (unpaired) electrons. The second kappa shape index (κ2) is 11.4. The summed E-state index contributed by atoms with van der Waals surface area (Å²) < 4.78 is 13.6. The highest BCUT2D eigenvalue weighted by molar-refractivity contribution is 5.99. The molecule has 0 spiro atoms. The van der Waals surface area contributed by atoms with Crippen LogP contribution in [-0.2, 0) is 9.47 Å². The summed E-state index contributed by atoms with van der Waals surface area (Å²) in [6.07, 6.45) is 8.74. The quantitative estimate of drug-likeness (QED) is 0.310. The van der Waals surface area contributed by atoms with E-state index in [1.807, 2.05) is 0 Å². The molecule has 2 aliphatic rings. The number of ether oxygens (including phenoxy) is 2. The van der Waals surface area contributed by atoms with E-state index < -0.39 is 0 Å². The van der Waals surface area contributed by atoms with E-state index in [2.05, 4.69) is 88.4 Å². The van der Waals surface area contributed by atoms with Crippen molar-refractivity contribution in [1.29, 1.82) is 0 Å². The Morgan fingerprint density at radius 3 is 1.23 bits per heavy atom. The Balaban J connectivity index is 1.65. The van der Waals surface area contributed by atoms with Crippen molar-refractivity contribution < 1.29 is 9.47 Å². The third-order valence-electron chi connectivity index (χ3n) is 7.41. The lowest BCUT2D eigenvalue weighted by atomic mass is 9.82. The topological polar surface area (TPSA) is 43.2 Å². The summed E-state index contributed by atoms with van der Waals surface area (Å²) in [5, 5.41) is 0. The van der Waals surface area contributed by atoms with Gasteiger partial charge in [-0.25, -0.2) is 9.98 Å². The summed E-state index contributed by atoms with van der Waals surface area (Å²) >= 11 is 0. The fraction of sp³-hybridized carbons (Fsp3) is 0.548. The molecule has 2 aromatic carbocycles. The van der Waals surface area contributed by atoms with E-state index in [9.17, 15) is 0 Å². The van der Waals surface area contributed by atoms with Crippen molar-refractivity contribution in [2.24, 2.45) is 9.98 Å². The maximum atomic E-state index is 6.78. The van der Waals surface area contributed by atoms with Crippen molar-refractivity contribution in [2.45, 2.75) is 109 Å². The Hall–Kier alpha value is -2.62. The van der Waals surface area contributed by atoms with Gasteiger partial charge >= 0.3 is 0 Å².